The molecule has 0 unspecified atom stereocenters. The van der Waals surface area contributed by atoms with Crippen LogP contribution >= 0.6 is 0 Å². The number of hydrogen-bond donors (Lipinski definition) is 0. The first-order valence-corrected chi connectivity index (χ1v) is 5.93. The molecule has 0 heterocycles. The largest absolute Gasteiger partial charge is 0.361 e. The molecule has 3 nitrogen and oxygen atoms in total. The molecule has 3 aromatic rings. The third-order valence-corrected chi connectivity index (χ3v) is 3.20. The standard InChI is InChI=1S/C16H10N2O/c17-18-10-16(19)13-7-8-15-12(9-13)6-5-11-3-1-2-4-14(11)15/h1-10H. The molecule has 0 saturated heterocycles. The summed E-state index contributed by atoms with van der Waals surface area (Å²) in [5.74, 6) is -0.308. The predicted octanol–water partition coefficient (Wildman–Crippen LogP) is 3.48. The van der Waals surface area contributed by atoms with Crippen LogP contribution in [0.5, 0.6) is 0 Å². The van der Waals surface area contributed by atoms with Crippen LogP contribution in [-0.4, -0.2) is 16.8 Å². The Bertz CT molecular complexity index is 846. The van der Waals surface area contributed by atoms with E-state index in [4.69, 9.17) is 5.53 Å². The third kappa shape index (κ3) is 1.92. The minimum Gasteiger partial charge on any atom is -0.361 e. The van der Waals surface area contributed by atoms with Gasteiger partial charge in [0.05, 0.1) is 0 Å². The Hall–Kier alpha value is -2.77. The number of fused-ring (bicyclic) bond motifs is 3. The zero-order valence-corrected chi connectivity index (χ0v) is 10.1. The molecular formula is C16H10N2O. The van der Waals surface area contributed by atoms with Crippen molar-refractivity contribution >= 4 is 33.5 Å². The number of carbonyl (C=O) groups is 1. The van der Waals surface area contributed by atoms with Gasteiger partial charge in [0.15, 0.2) is 0 Å². The molecule has 0 fully saturated rings. The second kappa shape index (κ2) is 4.48. The molecule has 0 N–H and O–H groups in total. The van der Waals surface area contributed by atoms with Crippen LogP contribution in [0.25, 0.3) is 27.1 Å². The van der Waals surface area contributed by atoms with Crippen molar-refractivity contribution in [3.63, 3.8) is 0 Å². The summed E-state index contributed by atoms with van der Waals surface area (Å²) in [7, 11) is 0. The highest BCUT2D eigenvalue weighted by Gasteiger charge is 2.08. The Morgan fingerprint density at radius 3 is 2.53 bits per heavy atom. The summed E-state index contributed by atoms with van der Waals surface area (Å²) in [6.07, 6.45) is 0.905. The van der Waals surface area contributed by atoms with Crippen LogP contribution in [0.3, 0.4) is 0 Å². The number of Topliss-reactive ketones (excluding diaryl/α,β-unsaturated/α-hetero) is 1. The fraction of sp³-hybridized carbons (Fsp3) is 0. The summed E-state index contributed by atoms with van der Waals surface area (Å²) in [5, 5.41) is 4.44. The highest BCUT2D eigenvalue weighted by Crippen LogP contribution is 2.25. The predicted molar refractivity (Wildman–Crippen MR) is 75.5 cm³/mol. The van der Waals surface area contributed by atoms with E-state index in [1.165, 1.54) is 5.39 Å². The smallest absolute Gasteiger partial charge is 0.328 e. The lowest BCUT2D eigenvalue weighted by atomic mass is 9.99. The number of nitrogens with zero attached hydrogens (tertiary/aromatic N) is 2. The lowest BCUT2D eigenvalue weighted by molar-refractivity contribution is 0.00235. The van der Waals surface area contributed by atoms with Crippen molar-refractivity contribution in [1.82, 2.24) is 0 Å². The van der Waals surface area contributed by atoms with Crippen LogP contribution in [0.4, 0.5) is 0 Å². The van der Waals surface area contributed by atoms with Crippen molar-refractivity contribution in [2.45, 2.75) is 0 Å². The van der Waals surface area contributed by atoms with Crippen molar-refractivity contribution in [2.24, 2.45) is 0 Å². The first kappa shape index (κ1) is 11.3. The van der Waals surface area contributed by atoms with Crippen LogP contribution in [0.2, 0.25) is 0 Å². The van der Waals surface area contributed by atoms with Gasteiger partial charge in [0, 0.05) is 5.56 Å². The molecular weight excluding hydrogens is 236 g/mol. The Morgan fingerprint density at radius 2 is 1.68 bits per heavy atom. The Morgan fingerprint density at radius 1 is 0.947 bits per heavy atom. The first-order valence-electron chi connectivity index (χ1n) is 5.93. The van der Waals surface area contributed by atoms with Gasteiger partial charge in [-0.1, -0.05) is 48.5 Å². The molecule has 3 rings (SSSR count). The lowest BCUT2D eigenvalue weighted by Crippen LogP contribution is -2.00. The molecule has 19 heavy (non-hydrogen) atoms. The fourth-order valence-electron chi connectivity index (χ4n) is 2.29. The summed E-state index contributed by atoms with van der Waals surface area (Å²) in [5.41, 5.74) is 8.92. The number of rotatable bonds is 2. The quantitative estimate of drug-likeness (QED) is 0.224. The maximum Gasteiger partial charge on any atom is 0.328 e. The molecule has 0 atom stereocenters. The van der Waals surface area contributed by atoms with E-state index in [1.54, 1.807) is 6.07 Å². The van der Waals surface area contributed by atoms with E-state index < -0.39 is 0 Å². The summed E-state index contributed by atoms with van der Waals surface area (Å²) in [6, 6.07) is 17.6. The summed E-state index contributed by atoms with van der Waals surface area (Å²) in [4.78, 5) is 14.4. The van der Waals surface area contributed by atoms with Gasteiger partial charge in [-0.3, -0.25) is 4.79 Å². The van der Waals surface area contributed by atoms with Gasteiger partial charge in [-0.2, -0.15) is 4.79 Å². The molecule has 0 aliphatic rings. The second-order valence-electron chi connectivity index (χ2n) is 4.33. The Kier molecular flexibility index (Phi) is 2.67. The molecule has 0 saturated carbocycles. The van der Waals surface area contributed by atoms with Gasteiger partial charge in [0.1, 0.15) is 0 Å². The van der Waals surface area contributed by atoms with Crippen LogP contribution in [0.15, 0.2) is 54.6 Å². The first-order chi connectivity index (χ1) is 9.29. The number of ketones is 1. The van der Waals surface area contributed by atoms with Crippen LogP contribution in [-0.2, 0) is 0 Å². The molecule has 0 aliphatic heterocycles. The second-order valence-corrected chi connectivity index (χ2v) is 4.33. The Balaban J connectivity index is 2.28. The molecule has 0 amide bonds. The SMILES string of the molecule is [N-]=[N+]=CC(=O)c1ccc2c(ccc3ccccc32)c1. The number of benzene rings is 3. The monoisotopic (exact) mass is 246 g/mol. The van der Waals surface area contributed by atoms with Crippen LogP contribution in [0, 0.1) is 0 Å². The van der Waals surface area contributed by atoms with Crippen molar-refractivity contribution in [3.8, 4) is 0 Å². The van der Waals surface area contributed by atoms with Gasteiger partial charge in [-0.15, -0.1) is 0 Å². The summed E-state index contributed by atoms with van der Waals surface area (Å²) < 4.78 is 0. The van der Waals surface area contributed by atoms with Gasteiger partial charge in [0.25, 0.3) is 5.78 Å². The average molecular weight is 246 g/mol. The highest BCUT2D eigenvalue weighted by molar-refractivity contribution is 6.34. The van der Waals surface area contributed by atoms with Gasteiger partial charge in [0.2, 0.25) is 0 Å². The van der Waals surface area contributed by atoms with Gasteiger partial charge >= 0.3 is 6.21 Å². The maximum atomic E-state index is 11.6. The Labute approximate surface area is 109 Å². The lowest BCUT2D eigenvalue weighted by Gasteiger charge is -2.04. The van der Waals surface area contributed by atoms with Gasteiger partial charge < -0.3 is 5.53 Å². The number of hydrogen-bond acceptors (Lipinski definition) is 1. The van der Waals surface area contributed by atoms with Gasteiger partial charge in [-0.25, -0.2) is 0 Å². The van der Waals surface area contributed by atoms with Crippen molar-refractivity contribution in [2.75, 3.05) is 0 Å². The number of carbonyl (C=O) groups excluding carboxylic acids is 1. The van der Waals surface area contributed by atoms with Gasteiger partial charge in [-0.05, 0) is 27.6 Å². The molecule has 0 bridgehead atoms. The zero-order chi connectivity index (χ0) is 13.2. The van der Waals surface area contributed by atoms with E-state index in [0.29, 0.717) is 5.56 Å². The van der Waals surface area contributed by atoms with Crippen LogP contribution in [0.1, 0.15) is 10.4 Å². The zero-order valence-electron chi connectivity index (χ0n) is 10.1. The normalized spacial score (nSPS) is 10.3. The van der Waals surface area contributed by atoms with Crippen molar-refractivity contribution < 1.29 is 9.58 Å². The van der Waals surface area contributed by atoms with E-state index >= 15 is 0 Å². The van der Waals surface area contributed by atoms with E-state index in [2.05, 4.69) is 16.9 Å². The van der Waals surface area contributed by atoms with Crippen LogP contribution < -0.4 is 0 Å². The van der Waals surface area contributed by atoms with E-state index in [9.17, 15) is 4.79 Å². The highest BCUT2D eigenvalue weighted by atomic mass is 16.1. The topological polar surface area (TPSA) is 53.5 Å². The molecule has 0 aliphatic carbocycles. The van der Waals surface area contributed by atoms with E-state index in [1.807, 2.05) is 36.4 Å². The molecule has 0 aromatic heterocycles. The third-order valence-electron chi connectivity index (χ3n) is 3.20. The minimum absolute atomic E-state index is 0.308. The maximum absolute atomic E-state index is 11.6. The molecule has 0 radical (unpaired) electrons. The molecule has 90 valence electrons. The van der Waals surface area contributed by atoms with E-state index in [-0.39, 0.29) is 5.78 Å². The van der Waals surface area contributed by atoms with Crippen molar-refractivity contribution in [3.05, 3.63) is 65.7 Å². The average Bonchev–Trinajstić information content (AvgIpc) is 2.46. The van der Waals surface area contributed by atoms with E-state index in [0.717, 1.165) is 22.4 Å². The molecule has 3 aromatic carbocycles. The molecule has 3 heteroatoms. The summed E-state index contributed by atoms with van der Waals surface area (Å²) >= 11 is 0. The van der Waals surface area contributed by atoms with Crippen molar-refractivity contribution in [1.29, 1.82) is 0 Å². The fourth-order valence-corrected chi connectivity index (χ4v) is 2.29. The minimum atomic E-state index is -0.308. The summed E-state index contributed by atoms with van der Waals surface area (Å²) in [6.45, 7) is 0. The molecule has 0 spiro atoms.